The zero-order chi connectivity index (χ0) is 43.8. The molecule has 0 aliphatic rings. The fourth-order valence-corrected chi connectivity index (χ4v) is 4.67. The summed E-state index contributed by atoms with van der Waals surface area (Å²) in [5.41, 5.74) is 2.73. The monoisotopic (exact) mass is 884 g/mol. The Morgan fingerprint density at radius 2 is 0.541 bits per heavy atom. The largest absolute Gasteiger partial charge is 0.447 e. The van der Waals surface area contributed by atoms with Gasteiger partial charge in [-0.3, -0.25) is 5.32 Å². The lowest BCUT2D eigenvalue weighted by Gasteiger charge is -2.12. The van der Waals surface area contributed by atoms with Gasteiger partial charge in [0.05, 0.1) is 205 Å². The number of amides is 1. The van der Waals surface area contributed by atoms with Crippen molar-refractivity contribution >= 4 is 11.8 Å². The van der Waals surface area contributed by atoms with Crippen LogP contribution in [0.2, 0.25) is 0 Å². The van der Waals surface area contributed by atoms with Crippen LogP contribution in [0.3, 0.4) is 0 Å². The second-order valence-corrected chi connectivity index (χ2v) is 12.7. The first-order chi connectivity index (χ1) is 30.1. The van der Waals surface area contributed by atoms with Gasteiger partial charge in [0, 0.05) is 12.8 Å². The molecule has 0 unspecified atom stereocenters. The molecule has 0 heterocycles. The zero-order valence-electron chi connectivity index (χ0n) is 37.2. The highest BCUT2D eigenvalue weighted by Crippen LogP contribution is 2.19. The van der Waals surface area contributed by atoms with Gasteiger partial charge in [-0.1, -0.05) is 18.2 Å². The number of rotatable bonds is 49. The van der Waals surface area contributed by atoms with Crippen LogP contribution < -0.4 is 5.32 Å². The van der Waals surface area contributed by atoms with Crippen LogP contribution in [0.4, 0.5) is 10.5 Å². The quantitative estimate of drug-likeness (QED) is 0.0941. The van der Waals surface area contributed by atoms with Gasteiger partial charge in [-0.25, -0.2) is 4.79 Å². The van der Waals surface area contributed by atoms with Gasteiger partial charge in [0.2, 0.25) is 0 Å². The first-order valence-corrected chi connectivity index (χ1v) is 21.3. The summed E-state index contributed by atoms with van der Waals surface area (Å²) in [6.07, 6.45) is -0.501. The molecule has 0 radical (unpaired) electrons. The van der Waals surface area contributed by atoms with E-state index in [1.807, 2.05) is 32.0 Å². The number of para-hydroxylation sites is 1. The Kier molecular flexibility index (Phi) is 44.1. The number of nitrogens with one attached hydrogen (secondary N) is 1. The Bertz CT molecular complexity index is 1040. The summed E-state index contributed by atoms with van der Waals surface area (Å²) in [6.45, 7) is 19.2. The summed E-state index contributed by atoms with van der Waals surface area (Å²) in [4.78, 5) is 12.0. The second kappa shape index (κ2) is 47.3. The number of hydrogen-bond acceptors (Lipinski definition) is 18. The molecule has 0 saturated carbocycles. The van der Waals surface area contributed by atoms with Gasteiger partial charge >= 0.3 is 6.09 Å². The van der Waals surface area contributed by atoms with E-state index < -0.39 is 6.09 Å². The van der Waals surface area contributed by atoms with Gasteiger partial charge in [0.25, 0.3) is 0 Å². The number of benzene rings is 1. The van der Waals surface area contributed by atoms with Crippen molar-refractivity contribution < 1.29 is 85.3 Å². The number of hydrogen-bond donors (Lipinski definition) is 1. The highest BCUT2D eigenvalue weighted by atomic mass is 16.6. The molecule has 1 N–H and O–H groups in total. The Hall–Kier alpha value is -2.15. The first kappa shape index (κ1) is 56.9. The third-order valence-electron chi connectivity index (χ3n) is 7.81. The summed E-state index contributed by atoms with van der Waals surface area (Å²) >= 11 is 0. The van der Waals surface area contributed by atoms with Crippen molar-refractivity contribution in [1.29, 1.82) is 0 Å². The number of anilines is 1. The van der Waals surface area contributed by atoms with Crippen LogP contribution in [-0.4, -0.2) is 225 Å². The predicted molar refractivity (Wildman–Crippen MR) is 225 cm³/mol. The molecule has 0 aliphatic heterocycles. The summed E-state index contributed by atoms with van der Waals surface area (Å²) in [5.74, 6) is 0. The molecule has 0 atom stereocenters. The third kappa shape index (κ3) is 41.6. The fraction of sp³-hybridized carbons (Fsp3) is 0.833. The molecule has 0 fully saturated rings. The van der Waals surface area contributed by atoms with E-state index >= 15 is 0 Å². The van der Waals surface area contributed by atoms with E-state index in [4.69, 9.17) is 80.5 Å². The molecule has 1 aromatic carbocycles. The second-order valence-electron chi connectivity index (χ2n) is 12.7. The van der Waals surface area contributed by atoms with Gasteiger partial charge < -0.3 is 80.5 Å². The average Bonchev–Trinajstić information content (AvgIpc) is 3.26. The molecule has 0 spiro atoms. The molecule has 61 heavy (non-hydrogen) atoms. The summed E-state index contributed by atoms with van der Waals surface area (Å²) in [7, 11) is 1.64. The minimum atomic E-state index is -0.501. The lowest BCUT2D eigenvalue weighted by atomic mass is 10.1. The Morgan fingerprint density at radius 1 is 0.344 bits per heavy atom. The molecular formula is C42H77NO18. The molecule has 0 aliphatic carbocycles. The first-order valence-electron chi connectivity index (χ1n) is 21.3. The third-order valence-corrected chi connectivity index (χ3v) is 7.81. The van der Waals surface area contributed by atoms with Crippen LogP contribution >= 0.6 is 0 Å². The lowest BCUT2D eigenvalue weighted by Crippen LogP contribution is -2.19. The van der Waals surface area contributed by atoms with E-state index in [9.17, 15) is 4.79 Å². The van der Waals surface area contributed by atoms with Crippen LogP contribution in [0.15, 0.2) is 18.2 Å². The summed E-state index contributed by atoms with van der Waals surface area (Å²) in [6, 6.07) is 5.81. The number of ether oxygens (including phenoxy) is 17. The highest BCUT2D eigenvalue weighted by molar-refractivity contribution is 5.86. The molecule has 19 nitrogen and oxygen atoms in total. The topological polar surface area (TPSA) is 186 Å². The SMILES string of the molecule is COCCOCCOCCOCCOCCOCCOCCOCCOCCOCCOCCOCCOCCOCCOCCOCCOC(=O)Nc1c(C)cccc1C. The van der Waals surface area contributed by atoms with Crippen LogP contribution in [-0.2, 0) is 80.5 Å². The molecule has 19 heteroatoms. The Balaban J connectivity index is 1.63. The van der Waals surface area contributed by atoms with E-state index in [1.54, 1.807) is 7.11 Å². The van der Waals surface area contributed by atoms with Crippen molar-refractivity contribution in [2.45, 2.75) is 13.8 Å². The summed E-state index contributed by atoms with van der Waals surface area (Å²) in [5, 5.41) is 2.77. The predicted octanol–water partition coefficient (Wildman–Crippen LogP) is 2.75. The average molecular weight is 884 g/mol. The molecule has 1 rings (SSSR count). The molecular weight excluding hydrogens is 806 g/mol. The number of methoxy groups -OCH3 is 1. The maximum absolute atomic E-state index is 12.0. The van der Waals surface area contributed by atoms with Gasteiger partial charge in [-0.2, -0.15) is 0 Å². The fourth-order valence-electron chi connectivity index (χ4n) is 4.67. The van der Waals surface area contributed by atoms with Crippen molar-refractivity contribution in [3.05, 3.63) is 29.3 Å². The Morgan fingerprint density at radius 3 is 0.754 bits per heavy atom. The highest BCUT2D eigenvalue weighted by Gasteiger charge is 2.08. The zero-order valence-corrected chi connectivity index (χ0v) is 37.2. The van der Waals surface area contributed by atoms with Crippen molar-refractivity contribution in [2.24, 2.45) is 0 Å². The van der Waals surface area contributed by atoms with Gasteiger partial charge in [-0.05, 0) is 25.0 Å². The van der Waals surface area contributed by atoms with E-state index in [-0.39, 0.29) is 6.61 Å². The van der Waals surface area contributed by atoms with E-state index in [0.717, 1.165) is 16.8 Å². The molecule has 1 amide bonds. The van der Waals surface area contributed by atoms with Gasteiger partial charge in [-0.15, -0.1) is 0 Å². The lowest BCUT2D eigenvalue weighted by molar-refractivity contribution is -0.0304. The van der Waals surface area contributed by atoms with Gasteiger partial charge in [0.1, 0.15) is 6.61 Å². The maximum atomic E-state index is 12.0. The minimum absolute atomic E-state index is 0.158. The molecule has 0 saturated heterocycles. The summed E-state index contributed by atoms with van der Waals surface area (Å²) < 4.78 is 92.0. The Labute approximate surface area is 363 Å². The van der Waals surface area contributed by atoms with E-state index in [2.05, 4.69) is 5.32 Å². The number of carbonyl (C=O) groups is 1. The van der Waals surface area contributed by atoms with E-state index in [0.29, 0.717) is 205 Å². The van der Waals surface area contributed by atoms with Crippen molar-refractivity contribution in [2.75, 3.05) is 224 Å². The van der Waals surface area contributed by atoms with Crippen LogP contribution in [0.5, 0.6) is 0 Å². The van der Waals surface area contributed by atoms with Crippen molar-refractivity contribution in [3.63, 3.8) is 0 Å². The maximum Gasteiger partial charge on any atom is 0.411 e. The van der Waals surface area contributed by atoms with Gasteiger partial charge in [0.15, 0.2) is 0 Å². The smallest absolute Gasteiger partial charge is 0.411 e. The number of carbonyl (C=O) groups excluding carboxylic acids is 1. The number of aryl methyl sites for hydroxylation is 2. The van der Waals surface area contributed by atoms with Crippen LogP contribution in [0, 0.1) is 13.8 Å². The van der Waals surface area contributed by atoms with E-state index in [1.165, 1.54) is 0 Å². The standard InChI is InChI=1S/C42H77NO18/c1-39-5-4-6-40(2)41(39)43-42(44)61-38-37-60-36-35-59-34-33-58-32-31-57-30-29-56-28-27-55-26-25-54-24-23-53-22-21-52-20-19-51-18-17-50-16-15-49-14-13-48-12-11-47-10-9-46-8-7-45-3/h4-6H,7-38H2,1-3H3,(H,43,44). The molecule has 0 bridgehead atoms. The van der Waals surface area contributed by atoms with Crippen molar-refractivity contribution in [3.8, 4) is 0 Å². The minimum Gasteiger partial charge on any atom is -0.447 e. The van der Waals surface area contributed by atoms with Crippen molar-refractivity contribution in [1.82, 2.24) is 0 Å². The molecule has 1 aromatic rings. The normalized spacial score (nSPS) is 11.5. The van der Waals surface area contributed by atoms with Crippen LogP contribution in [0.25, 0.3) is 0 Å². The molecule has 358 valence electrons. The van der Waals surface area contributed by atoms with Crippen LogP contribution in [0.1, 0.15) is 11.1 Å². The molecule has 0 aromatic heterocycles.